The first-order valence-corrected chi connectivity index (χ1v) is 8.09. The predicted octanol–water partition coefficient (Wildman–Crippen LogP) is 4.05. The Labute approximate surface area is 141 Å². The van der Waals surface area contributed by atoms with Gasteiger partial charge in [-0.3, -0.25) is 14.9 Å². The number of nitro benzene ring substituents is 1. The zero-order chi connectivity index (χ0) is 17.3. The van der Waals surface area contributed by atoms with Crippen molar-refractivity contribution in [3.8, 4) is 0 Å². The molecule has 5 heteroatoms. The highest BCUT2D eigenvalue weighted by Crippen LogP contribution is 2.34. The Kier molecular flexibility index (Phi) is 4.34. The molecule has 0 N–H and O–H groups in total. The van der Waals surface area contributed by atoms with Crippen LogP contribution in [0.15, 0.2) is 42.5 Å². The molecule has 0 aromatic heterocycles. The normalized spacial score (nSPS) is 16.3. The van der Waals surface area contributed by atoms with Gasteiger partial charge in [0.25, 0.3) is 11.6 Å². The van der Waals surface area contributed by atoms with E-state index in [4.69, 9.17) is 0 Å². The first kappa shape index (κ1) is 16.2. The number of hydrogen-bond acceptors (Lipinski definition) is 3. The Bertz CT molecular complexity index is 801. The van der Waals surface area contributed by atoms with Crippen molar-refractivity contribution in [2.75, 3.05) is 7.05 Å². The second-order valence-corrected chi connectivity index (χ2v) is 6.28. The molecule has 0 saturated heterocycles. The van der Waals surface area contributed by atoms with Crippen molar-refractivity contribution in [1.82, 2.24) is 4.90 Å². The Balaban J connectivity index is 1.88. The number of nitro groups is 1. The van der Waals surface area contributed by atoms with Crippen LogP contribution in [0, 0.1) is 17.0 Å². The molecule has 0 unspecified atom stereocenters. The molecule has 1 aliphatic carbocycles. The number of amides is 1. The molecule has 1 amide bonds. The maximum absolute atomic E-state index is 12.8. The fourth-order valence-electron chi connectivity index (χ4n) is 3.47. The summed E-state index contributed by atoms with van der Waals surface area (Å²) in [6.07, 6.45) is 3.04. The molecular weight excluding hydrogens is 304 g/mol. The fraction of sp³-hybridized carbons (Fsp3) is 0.316. The first-order chi connectivity index (χ1) is 11.5. The van der Waals surface area contributed by atoms with E-state index in [1.165, 1.54) is 17.2 Å². The van der Waals surface area contributed by atoms with Crippen LogP contribution in [0.2, 0.25) is 0 Å². The summed E-state index contributed by atoms with van der Waals surface area (Å²) in [5.41, 5.74) is 3.54. The van der Waals surface area contributed by atoms with Crippen molar-refractivity contribution >= 4 is 11.6 Å². The van der Waals surface area contributed by atoms with Crippen LogP contribution in [0.3, 0.4) is 0 Å². The monoisotopic (exact) mass is 324 g/mol. The van der Waals surface area contributed by atoms with E-state index in [0.29, 0.717) is 11.1 Å². The van der Waals surface area contributed by atoms with E-state index in [2.05, 4.69) is 12.1 Å². The highest BCUT2D eigenvalue weighted by Gasteiger charge is 2.27. The van der Waals surface area contributed by atoms with Gasteiger partial charge in [0.2, 0.25) is 0 Å². The smallest absolute Gasteiger partial charge is 0.272 e. The van der Waals surface area contributed by atoms with E-state index in [9.17, 15) is 14.9 Å². The molecule has 0 radical (unpaired) electrons. The Morgan fingerprint density at radius 2 is 2.00 bits per heavy atom. The van der Waals surface area contributed by atoms with Crippen LogP contribution in [0.4, 0.5) is 5.69 Å². The molecular formula is C19H20N2O3. The van der Waals surface area contributed by atoms with Crippen molar-refractivity contribution in [2.45, 2.75) is 32.2 Å². The van der Waals surface area contributed by atoms with E-state index in [1.54, 1.807) is 24.0 Å². The number of benzene rings is 2. The number of fused-ring (bicyclic) bond motifs is 1. The fourth-order valence-corrected chi connectivity index (χ4v) is 3.47. The predicted molar refractivity (Wildman–Crippen MR) is 92.0 cm³/mol. The Morgan fingerprint density at radius 1 is 1.25 bits per heavy atom. The number of aryl methyl sites for hydroxylation is 2. The van der Waals surface area contributed by atoms with Gasteiger partial charge in [-0.1, -0.05) is 24.3 Å². The molecule has 2 aromatic carbocycles. The summed E-state index contributed by atoms with van der Waals surface area (Å²) in [6.45, 7) is 1.66. The summed E-state index contributed by atoms with van der Waals surface area (Å²) in [6, 6.07) is 12.8. The van der Waals surface area contributed by atoms with Crippen LogP contribution in [0.25, 0.3) is 0 Å². The summed E-state index contributed by atoms with van der Waals surface area (Å²) in [7, 11) is 1.81. The van der Waals surface area contributed by atoms with Gasteiger partial charge < -0.3 is 4.90 Å². The molecule has 0 bridgehead atoms. The lowest BCUT2D eigenvalue weighted by molar-refractivity contribution is -0.385. The molecule has 124 valence electrons. The largest absolute Gasteiger partial charge is 0.335 e. The molecule has 3 rings (SSSR count). The number of rotatable bonds is 3. The lowest BCUT2D eigenvalue weighted by Crippen LogP contribution is -2.33. The van der Waals surface area contributed by atoms with Gasteiger partial charge in [0, 0.05) is 24.2 Å². The van der Waals surface area contributed by atoms with Gasteiger partial charge >= 0.3 is 0 Å². The average molecular weight is 324 g/mol. The van der Waals surface area contributed by atoms with Crippen LogP contribution < -0.4 is 0 Å². The molecule has 0 saturated carbocycles. The average Bonchev–Trinajstić information content (AvgIpc) is 2.59. The van der Waals surface area contributed by atoms with Gasteiger partial charge in [0.05, 0.1) is 11.0 Å². The summed E-state index contributed by atoms with van der Waals surface area (Å²) in [4.78, 5) is 25.1. The zero-order valence-corrected chi connectivity index (χ0v) is 13.9. The number of carbonyl (C=O) groups excluding carboxylic acids is 1. The number of nitrogens with zero attached hydrogens (tertiary/aromatic N) is 2. The van der Waals surface area contributed by atoms with Gasteiger partial charge in [-0.15, -0.1) is 0 Å². The minimum absolute atomic E-state index is 0.0391. The van der Waals surface area contributed by atoms with Crippen molar-refractivity contribution in [3.05, 3.63) is 74.8 Å². The molecule has 0 spiro atoms. The lowest BCUT2D eigenvalue weighted by atomic mass is 9.87. The van der Waals surface area contributed by atoms with Gasteiger partial charge in [-0.25, -0.2) is 0 Å². The first-order valence-electron chi connectivity index (χ1n) is 8.09. The minimum Gasteiger partial charge on any atom is -0.335 e. The second-order valence-electron chi connectivity index (χ2n) is 6.28. The van der Waals surface area contributed by atoms with Gasteiger partial charge in [0.1, 0.15) is 0 Å². The van der Waals surface area contributed by atoms with E-state index in [1.807, 2.05) is 19.2 Å². The highest BCUT2D eigenvalue weighted by atomic mass is 16.6. The highest BCUT2D eigenvalue weighted by molar-refractivity contribution is 5.95. The van der Waals surface area contributed by atoms with Crippen LogP contribution >= 0.6 is 0 Å². The molecule has 24 heavy (non-hydrogen) atoms. The summed E-state index contributed by atoms with van der Waals surface area (Å²) in [5, 5.41) is 10.9. The molecule has 1 aliphatic rings. The Morgan fingerprint density at radius 3 is 2.71 bits per heavy atom. The molecule has 1 atom stereocenters. The maximum Gasteiger partial charge on any atom is 0.272 e. The van der Waals surface area contributed by atoms with Crippen molar-refractivity contribution in [1.29, 1.82) is 0 Å². The zero-order valence-electron chi connectivity index (χ0n) is 13.9. The molecule has 2 aromatic rings. The third-order valence-corrected chi connectivity index (χ3v) is 4.77. The van der Waals surface area contributed by atoms with Crippen LogP contribution in [0.5, 0.6) is 0 Å². The van der Waals surface area contributed by atoms with Crippen molar-refractivity contribution in [3.63, 3.8) is 0 Å². The van der Waals surface area contributed by atoms with Gasteiger partial charge in [-0.05, 0) is 49.4 Å². The topological polar surface area (TPSA) is 63.5 Å². The van der Waals surface area contributed by atoms with E-state index in [-0.39, 0.29) is 17.6 Å². The number of carbonyl (C=O) groups is 1. The van der Waals surface area contributed by atoms with E-state index >= 15 is 0 Å². The minimum atomic E-state index is -0.426. The third-order valence-electron chi connectivity index (χ3n) is 4.77. The lowest BCUT2D eigenvalue weighted by Gasteiger charge is -2.33. The maximum atomic E-state index is 12.8. The molecule has 0 aliphatic heterocycles. The second kappa shape index (κ2) is 6.43. The van der Waals surface area contributed by atoms with Crippen molar-refractivity contribution < 1.29 is 9.72 Å². The third kappa shape index (κ3) is 2.89. The summed E-state index contributed by atoms with van der Waals surface area (Å²) >= 11 is 0. The molecule has 5 nitrogen and oxygen atoms in total. The SMILES string of the molecule is Cc1cc(C(=O)N(C)[C@H]2CCCc3ccccc32)ccc1[N+](=O)[O-]. The molecule has 0 heterocycles. The van der Waals surface area contributed by atoms with E-state index < -0.39 is 4.92 Å². The van der Waals surface area contributed by atoms with Gasteiger partial charge in [-0.2, -0.15) is 0 Å². The Hall–Kier alpha value is -2.69. The molecule has 0 fully saturated rings. The number of hydrogen-bond donors (Lipinski definition) is 0. The summed E-state index contributed by atoms with van der Waals surface area (Å²) < 4.78 is 0. The standard InChI is InChI=1S/C19H20N2O3/c1-13-12-15(10-11-17(13)21(23)24)19(22)20(2)18-9-5-7-14-6-3-4-8-16(14)18/h3-4,6,8,10-12,18H,5,7,9H2,1-2H3/t18-/m0/s1. The van der Waals surface area contributed by atoms with Crippen LogP contribution in [-0.2, 0) is 6.42 Å². The van der Waals surface area contributed by atoms with Crippen LogP contribution in [-0.4, -0.2) is 22.8 Å². The van der Waals surface area contributed by atoms with Gasteiger partial charge in [0.15, 0.2) is 0 Å². The van der Waals surface area contributed by atoms with Crippen molar-refractivity contribution in [2.24, 2.45) is 0 Å². The quantitative estimate of drug-likeness (QED) is 0.632. The summed E-state index contributed by atoms with van der Waals surface area (Å²) in [5.74, 6) is -0.102. The van der Waals surface area contributed by atoms with Crippen LogP contribution in [0.1, 0.15) is 45.9 Å². The van der Waals surface area contributed by atoms with E-state index in [0.717, 1.165) is 19.3 Å².